The number of hydrogen-bond acceptors (Lipinski definition) is 3. The van der Waals surface area contributed by atoms with Crippen LogP contribution in [0.2, 0.25) is 0 Å². The van der Waals surface area contributed by atoms with Crippen LogP contribution in [0.1, 0.15) is 19.8 Å². The second-order valence-electron chi connectivity index (χ2n) is 5.62. The number of nitrogens with zero attached hydrogens (tertiary/aromatic N) is 2. The van der Waals surface area contributed by atoms with Crippen LogP contribution in [0.25, 0.3) is 0 Å². The summed E-state index contributed by atoms with van der Waals surface area (Å²) in [6, 6.07) is 7.32. The first-order valence-corrected chi connectivity index (χ1v) is 8.95. The van der Waals surface area contributed by atoms with E-state index in [4.69, 9.17) is 34.8 Å². The summed E-state index contributed by atoms with van der Waals surface area (Å²) in [6.07, 6.45) is 1.48. The van der Waals surface area contributed by atoms with Gasteiger partial charge < -0.3 is 15.1 Å². The Hall–Kier alpha value is -1.17. The molecule has 1 aliphatic rings. The topological polar surface area (TPSA) is 52.7 Å². The molecule has 2 rings (SSSR count). The van der Waals surface area contributed by atoms with Gasteiger partial charge in [0.25, 0.3) is 9.70 Å². The highest BCUT2D eigenvalue weighted by atomic mass is 35.6. The Bertz CT molecular complexity index is 579. The van der Waals surface area contributed by atoms with Crippen LogP contribution in [0.15, 0.2) is 24.3 Å². The zero-order chi connectivity index (χ0) is 17.7. The molecule has 2 amide bonds. The van der Waals surface area contributed by atoms with Crippen molar-refractivity contribution in [3.63, 3.8) is 0 Å². The summed E-state index contributed by atoms with van der Waals surface area (Å²) in [6.45, 7) is 5.04. The maximum absolute atomic E-state index is 11.9. The zero-order valence-electron chi connectivity index (χ0n) is 13.4. The van der Waals surface area contributed by atoms with E-state index in [-0.39, 0.29) is 5.91 Å². The molecule has 1 fully saturated rings. The Balaban J connectivity index is 1.90. The minimum absolute atomic E-state index is 0.224. The minimum Gasteiger partial charge on any atom is -0.368 e. The van der Waals surface area contributed by atoms with E-state index < -0.39 is 9.70 Å². The molecule has 132 valence electrons. The van der Waals surface area contributed by atoms with Crippen LogP contribution < -0.4 is 10.2 Å². The first kappa shape index (κ1) is 19.2. The van der Waals surface area contributed by atoms with Crippen LogP contribution in [-0.2, 0) is 9.59 Å². The predicted octanol–water partition coefficient (Wildman–Crippen LogP) is 3.44. The lowest BCUT2D eigenvalue weighted by Crippen LogP contribution is -2.48. The molecule has 1 N–H and O–H groups in total. The van der Waals surface area contributed by atoms with Crippen molar-refractivity contribution in [3.05, 3.63) is 24.3 Å². The average molecular weight is 393 g/mol. The van der Waals surface area contributed by atoms with Crippen LogP contribution >= 0.6 is 34.8 Å². The van der Waals surface area contributed by atoms with Gasteiger partial charge in [-0.25, -0.2) is 0 Å². The molecule has 1 heterocycles. The smallest absolute Gasteiger partial charge is 0.276 e. The van der Waals surface area contributed by atoms with Crippen molar-refractivity contribution in [2.75, 3.05) is 36.4 Å². The SMILES string of the molecule is CCCC(=O)N1CCN(c2ccc(NC(=O)C(Cl)(Cl)Cl)cc2)CC1. The van der Waals surface area contributed by atoms with Crippen molar-refractivity contribution >= 4 is 58.0 Å². The molecule has 5 nitrogen and oxygen atoms in total. The lowest BCUT2D eigenvalue weighted by molar-refractivity contribution is -0.131. The summed E-state index contributed by atoms with van der Waals surface area (Å²) in [7, 11) is 0. The third-order valence-corrected chi connectivity index (χ3v) is 4.36. The minimum atomic E-state index is -1.99. The lowest BCUT2D eigenvalue weighted by Gasteiger charge is -2.36. The van der Waals surface area contributed by atoms with E-state index in [2.05, 4.69) is 10.2 Å². The van der Waals surface area contributed by atoms with Gasteiger partial charge in [0.2, 0.25) is 5.91 Å². The number of carbonyl (C=O) groups excluding carboxylic acids is 2. The van der Waals surface area contributed by atoms with Crippen LogP contribution in [0.4, 0.5) is 11.4 Å². The largest absolute Gasteiger partial charge is 0.368 e. The van der Waals surface area contributed by atoms with Gasteiger partial charge in [-0.1, -0.05) is 41.7 Å². The summed E-state index contributed by atoms with van der Waals surface area (Å²) in [5.41, 5.74) is 1.59. The van der Waals surface area contributed by atoms with E-state index in [1.54, 1.807) is 12.1 Å². The summed E-state index contributed by atoms with van der Waals surface area (Å²) in [5.74, 6) is -0.467. The number of rotatable bonds is 4. The summed E-state index contributed by atoms with van der Waals surface area (Å²) in [5, 5.41) is 2.54. The average Bonchev–Trinajstić information content (AvgIpc) is 2.55. The number of carbonyl (C=O) groups is 2. The Morgan fingerprint density at radius 1 is 1.08 bits per heavy atom. The van der Waals surface area contributed by atoms with Gasteiger partial charge in [0, 0.05) is 44.0 Å². The molecule has 1 saturated heterocycles. The fraction of sp³-hybridized carbons (Fsp3) is 0.500. The molecule has 24 heavy (non-hydrogen) atoms. The third-order valence-electron chi connectivity index (χ3n) is 3.84. The Kier molecular flexibility index (Phi) is 6.61. The Labute approximate surface area is 156 Å². The normalized spacial score (nSPS) is 15.3. The highest BCUT2D eigenvalue weighted by Crippen LogP contribution is 2.28. The molecular weight excluding hydrogens is 373 g/mol. The van der Waals surface area contributed by atoms with E-state index in [1.807, 2.05) is 24.0 Å². The molecule has 1 aromatic carbocycles. The summed E-state index contributed by atoms with van der Waals surface area (Å²) < 4.78 is -1.99. The molecule has 0 bridgehead atoms. The highest BCUT2D eigenvalue weighted by Gasteiger charge is 2.30. The predicted molar refractivity (Wildman–Crippen MR) is 99.1 cm³/mol. The van der Waals surface area contributed by atoms with Crippen LogP contribution in [0, 0.1) is 0 Å². The van der Waals surface area contributed by atoms with Gasteiger partial charge in [0.15, 0.2) is 0 Å². The van der Waals surface area contributed by atoms with E-state index in [0.717, 1.165) is 38.3 Å². The molecule has 8 heteroatoms. The lowest BCUT2D eigenvalue weighted by atomic mass is 10.2. The molecule has 1 aliphatic heterocycles. The maximum Gasteiger partial charge on any atom is 0.276 e. The van der Waals surface area contributed by atoms with Gasteiger partial charge in [-0.05, 0) is 30.7 Å². The molecule has 0 radical (unpaired) electrons. The standard InChI is InChI=1S/C16H20Cl3N3O2/c1-2-3-14(23)22-10-8-21(9-11-22)13-6-4-12(5-7-13)20-15(24)16(17,18)19/h4-7H,2-3,8-11H2,1H3,(H,20,24). The van der Waals surface area contributed by atoms with Crippen molar-refractivity contribution in [1.29, 1.82) is 0 Å². The van der Waals surface area contributed by atoms with Gasteiger partial charge in [-0.3, -0.25) is 9.59 Å². The second kappa shape index (κ2) is 8.28. The molecule has 0 atom stereocenters. The molecule has 0 aromatic heterocycles. The van der Waals surface area contributed by atoms with Crippen molar-refractivity contribution in [3.8, 4) is 0 Å². The van der Waals surface area contributed by atoms with Crippen LogP contribution in [-0.4, -0.2) is 46.7 Å². The first-order chi connectivity index (χ1) is 11.3. The Morgan fingerprint density at radius 2 is 1.67 bits per heavy atom. The van der Waals surface area contributed by atoms with E-state index in [0.29, 0.717) is 12.1 Å². The highest BCUT2D eigenvalue weighted by molar-refractivity contribution is 6.76. The van der Waals surface area contributed by atoms with Crippen LogP contribution in [0.3, 0.4) is 0 Å². The number of piperazine rings is 1. The molecule has 0 saturated carbocycles. The Morgan fingerprint density at radius 3 is 2.17 bits per heavy atom. The number of nitrogens with one attached hydrogen (secondary N) is 1. The molecule has 0 aliphatic carbocycles. The monoisotopic (exact) mass is 391 g/mol. The van der Waals surface area contributed by atoms with E-state index in [1.165, 1.54) is 0 Å². The van der Waals surface area contributed by atoms with Crippen molar-refractivity contribution in [2.45, 2.75) is 23.6 Å². The number of halogens is 3. The molecule has 0 spiro atoms. The van der Waals surface area contributed by atoms with Gasteiger partial charge in [0.1, 0.15) is 0 Å². The zero-order valence-corrected chi connectivity index (χ0v) is 15.7. The first-order valence-electron chi connectivity index (χ1n) is 7.82. The fourth-order valence-corrected chi connectivity index (χ4v) is 2.69. The van der Waals surface area contributed by atoms with Crippen LogP contribution in [0.5, 0.6) is 0 Å². The van der Waals surface area contributed by atoms with E-state index in [9.17, 15) is 9.59 Å². The van der Waals surface area contributed by atoms with Crippen molar-refractivity contribution in [1.82, 2.24) is 4.90 Å². The quantitative estimate of drug-likeness (QED) is 0.799. The number of alkyl halides is 3. The van der Waals surface area contributed by atoms with E-state index >= 15 is 0 Å². The van der Waals surface area contributed by atoms with Gasteiger partial charge in [-0.2, -0.15) is 0 Å². The number of benzene rings is 1. The number of hydrogen-bond donors (Lipinski definition) is 1. The molecule has 1 aromatic rings. The van der Waals surface area contributed by atoms with Crippen molar-refractivity contribution < 1.29 is 9.59 Å². The van der Waals surface area contributed by atoms with Gasteiger partial charge >= 0.3 is 0 Å². The molecular formula is C16H20Cl3N3O2. The summed E-state index contributed by atoms with van der Waals surface area (Å²) >= 11 is 16.6. The molecule has 0 unspecified atom stereocenters. The van der Waals surface area contributed by atoms with Crippen molar-refractivity contribution in [2.24, 2.45) is 0 Å². The fourth-order valence-electron chi connectivity index (χ4n) is 2.54. The second-order valence-corrected chi connectivity index (χ2v) is 7.90. The number of anilines is 2. The van der Waals surface area contributed by atoms with Gasteiger partial charge in [0.05, 0.1) is 0 Å². The maximum atomic E-state index is 11.9. The van der Waals surface area contributed by atoms with Gasteiger partial charge in [-0.15, -0.1) is 0 Å². The third kappa shape index (κ3) is 5.16. The summed E-state index contributed by atoms with van der Waals surface area (Å²) in [4.78, 5) is 27.6. The number of amides is 2.